The number of likely N-dealkylation sites (tertiary alicyclic amines) is 1. The highest BCUT2D eigenvalue weighted by Gasteiger charge is 2.42. The summed E-state index contributed by atoms with van der Waals surface area (Å²) in [5, 5.41) is 3.36. The van der Waals surface area contributed by atoms with Crippen LogP contribution in [0.2, 0.25) is 0 Å². The Morgan fingerprint density at radius 3 is 2.53 bits per heavy atom. The number of hydrogen-bond acceptors (Lipinski definition) is 4. The molecule has 3 fully saturated rings. The van der Waals surface area contributed by atoms with Crippen LogP contribution in [0.1, 0.15) is 44.9 Å². The summed E-state index contributed by atoms with van der Waals surface area (Å²) in [7, 11) is 2.07. The molecule has 0 aromatic carbocycles. The lowest BCUT2D eigenvalue weighted by atomic mass is 9.86. The smallest absolute Gasteiger partial charge is 0.168 e. The topological polar surface area (TPSA) is 33.7 Å². The Bertz CT molecular complexity index is 280. The molecule has 1 N–H and O–H groups in total. The van der Waals surface area contributed by atoms with Crippen LogP contribution in [0.3, 0.4) is 0 Å². The zero-order chi connectivity index (χ0) is 13.1. The number of nitrogens with zero attached hydrogens (tertiary/aromatic N) is 1. The zero-order valence-electron chi connectivity index (χ0n) is 12.2. The van der Waals surface area contributed by atoms with E-state index in [1.807, 2.05) is 0 Å². The number of ether oxygens (including phenoxy) is 2. The molecule has 2 heterocycles. The van der Waals surface area contributed by atoms with E-state index in [4.69, 9.17) is 9.47 Å². The van der Waals surface area contributed by atoms with Crippen LogP contribution in [0, 0.1) is 0 Å². The summed E-state index contributed by atoms with van der Waals surface area (Å²) in [6, 6.07) is 1.49. The average Bonchev–Trinajstić information content (AvgIpc) is 2.89. The SMILES string of the molecule is CNCC1CCCCN1C1CCC2(CC1)OCCO2. The molecule has 3 aliphatic rings. The molecule has 1 saturated carbocycles. The molecule has 4 heteroatoms. The minimum Gasteiger partial charge on any atom is -0.348 e. The van der Waals surface area contributed by atoms with Gasteiger partial charge in [0, 0.05) is 31.5 Å². The summed E-state index contributed by atoms with van der Waals surface area (Å²) in [4.78, 5) is 2.77. The fourth-order valence-corrected chi connectivity index (χ4v) is 4.12. The van der Waals surface area contributed by atoms with E-state index in [2.05, 4.69) is 17.3 Å². The Kier molecular flexibility index (Phi) is 4.42. The van der Waals surface area contributed by atoms with Gasteiger partial charge in [0.1, 0.15) is 0 Å². The van der Waals surface area contributed by atoms with Gasteiger partial charge in [0.05, 0.1) is 13.2 Å². The summed E-state index contributed by atoms with van der Waals surface area (Å²) < 4.78 is 11.7. The van der Waals surface area contributed by atoms with Gasteiger partial charge in [-0.2, -0.15) is 0 Å². The molecule has 2 aliphatic heterocycles. The van der Waals surface area contributed by atoms with Gasteiger partial charge in [0.25, 0.3) is 0 Å². The first-order valence-electron chi connectivity index (χ1n) is 8.01. The van der Waals surface area contributed by atoms with Crippen molar-refractivity contribution in [3.8, 4) is 0 Å². The second-order valence-electron chi connectivity index (χ2n) is 6.28. The van der Waals surface area contributed by atoms with Crippen molar-refractivity contribution < 1.29 is 9.47 Å². The summed E-state index contributed by atoms with van der Waals surface area (Å²) in [5.74, 6) is -0.204. The van der Waals surface area contributed by atoms with Crippen LogP contribution >= 0.6 is 0 Å². The Balaban J connectivity index is 1.57. The summed E-state index contributed by atoms with van der Waals surface area (Å²) in [6.07, 6.45) is 8.76. The minimum absolute atomic E-state index is 0.204. The quantitative estimate of drug-likeness (QED) is 0.845. The van der Waals surface area contributed by atoms with Gasteiger partial charge >= 0.3 is 0 Å². The second-order valence-corrected chi connectivity index (χ2v) is 6.28. The maximum Gasteiger partial charge on any atom is 0.168 e. The predicted molar refractivity (Wildman–Crippen MR) is 75.2 cm³/mol. The molecule has 0 bridgehead atoms. The lowest BCUT2D eigenvalue weighted by Crippen LogP contribution is -2.52. The molecule has 1 aliphatic carbocycles. The Morgan fingerprint density at radius 2 is 1.84 bits per heavy atom. The summed E-state index contributed by atoms with van der Waals surface area (Å²) >= 11 is 0. The monoisotopic (exact) mass is 268 g/mol. The molecule has 1 atom stereocenters. The molecule has 0 aromatic rings. The normalized spacial score (nSPS) is 33.0. The summed E-state index contributed by atoms with van der Waals surface area (Å²) in [5.41, 5.74) is 0. The summed E-state index contributed by atoms with van der Waals surface area (Å²) in [6.45, 7) is 3.99. The Hall–Kier alpha value is -0.160. The maximum absolute atomic E-state index is 5.84. The van der Waals surface area contributed by atoms with Crippen LogP contribution in [-0.4, -0.2) is 56.1 Å². The van der Waals surface area contributed by atoms with Gasteiger partial charge in [0.2, 0.25) is 0 Å². The maximum atomic E-state index is 5.84. The number of rotatable bonds is 3. The van der Waals surface area contributed by atoms with Crippen molar-refractivity contribution in [2.24, 2.45) is 0 Å². The van der Waals surface area contributed by atoms with Crippen molar-refractivity contribution in [1.82, 2.24) is 10.2 Å². The molecule has 19 heavy (non-hydrogen) atoms. The van der Waals surface area contributed by atoms with E-state index in [9.17, 15) is 0 Å². The van der Waals surface area contributed by atoms with E-state index in [0.29, 0.717) is 0 Å². The first-order valence-corrected chi connectivity index (χ1v) is 8.01. The van der Waals surface area contributed by atoms with E-state index in [1.165, 1.54) is 38.6 Å². The minimum atomic E-state index is -0.204. The van der Waals surface area contributed by atoms with Crippen LogP contribution < -0.4 is 5.32 Å². The van der Waals surface area contributed by atoms with Crippen molar-refractivity contribution in [1.29, 1.82) is 0 Å². The lowest BCUT2D eigenvalue weighted by Gasteiger charge is -2.45. The molecular formula is C15H28N2O2. The van der Waals surface area contributed by atoms with Gasteiger partial charge in [-0.1, -0.05) is 6.42 Å². The second kappa shape index (κ2) is 6.08. The van der Waals surface area contributed by atoms with E-state index in [1.54, 1.807) is 0 Å². The van der Waals surface area contributed by atoms with Gasteiger partial charge in [-0.3, -0.25) is 4.90 Å². The van der Waals surface area contributed by atoms with Crippen molar-refractivity contribution >= 4 is 0 Å². The third kappa shape index (κ3) is 2.97. The highest BCUT2D eigenvalue weighted by molar-refractivity contribution is 4.90. The van der Waals surface area contributed by atoms with E-state index in [-0.39, 0.29) is 5.79 Å². The number of nitrogens with one attached hydrogen (secondary N) is 1. The molecular weight excluding hydrogens is 240 g/mol. The van der Waals surface area contributed by atoms with Gasteiger partial charge in [0.15, 0.2) is 5.79 Å². The highest BCUT2D eigenvalue weighted by Crippen LogP contribution is 2.38. The molecule has 0 amide bonds. The number of likely N-dealkylation sites (N-methyl/N-ethyl adjacent to an activating group) is 1. The standard InChI is InChI=1S/C15H28N2O2/c1-16-12-14-4-2-3-9-17(14)13-5-7-15(8-6-13)18-10-11-19-15/h13-14,16H,2-12H2,1H3. The third-order valence-corrected chi connectivity index (χ3v) is 5.11. The van der Waals surface area contributed by atoms with Gasteiger partial charge < -0.3 is 14.8 Å². The van der Waals surface area contributed by atoms with Crippen LogP contribution in [0.4, 0.5) is 0 Å². The molecule has 1 unspecified atom stereocenters. The van der Waals surface area contributed by atoms with Crippen molar-refractivity contribution in [2.75, 3.05) is 33.4 Å². The molecule has 0 aromatic heterocycles. The van der Waals surface area contributed by atoms with Crippen LogP contribution in [0.5, 0.6) is 0 Å². The van der Waals surface area contributed by atoms with Gasteiger partial charge in [-0.05, 0) is 39.3 Å². The molecule has 2 saturated heterocycles. The molecule has 4 nitrogen and oxygen atoms in total. The fraction of sp³-hybridized carbons (Fsp3) is 1.00. The van der Waals surface area contributed by atoms with E-state index in [0.717, 1.165) is 44.7 Å². The van der Waals surface area contributed by atoms with Crippen molar-refractivity contribution in [2.45, 2.75) is 62.8 Å². The van der Waals surface area contributed by atoms with Crippen LogP contribution in [-0.2, 0) is 9.47 Å². The molecule has 1 spiro atoms. The first kappa shape index (κ1) is 13.8. The fourth-order valence-electron chi connectivity index (χ4n) is 4.12. The molecule has 3 rings (SSSR count). The zero-order valence-corrected chi connectivity index (χ0v) is 12.2. The lowest BCUT2D eigenvalue weighted by molar-refractivity contribution is -0.185. The molecule has 0 radical (unpaired) electrons. The van der Waals surface area contributed by atoms with Crippen molar-refractivity contribution in [3.63, 3.8) is 0 Å². The first-order chi connectivity index (χ1) is 9.33. The van der Waals surface area contributed by atoms with Gasteiger partial charge in [-0.25, -0.2) is 0 Å². The Morgan fingerprint density at radius 1 is 1.11 bits per heavy atom. The Labute approximate surface area is 116 Å². The van der Waals surface area contributed by atoms with Crippen LogP contribution in [0.15, 0.2) is 0 Å². The average molecular weight is 268 g/mol. The van der Waals surface area contributed by atoms with Crippen LogP contribution in [0.25, 0.3) is 0 Å². The highest BCUT2D eigenvalue weighted by atomic mass is 16.7. The number of piperidine rings is 1. The van der Waals surface area contributed by atoms with Crippen molar-refractivity contribution in [3.05, 3.63) is 0 Å². The van der Waals surface area contributed by atoms with E-state index >= 15 is 0 Å². The number of hydrogen-bond donors (Lipinski definition) is 1. The van der Waals surface area contributed by atoms with Gasteiger partial charge in [-0.15, -0.1) is 0 Å². The predicted octanol–water partition coefficient (Wildman–Crippen LogP) is 1.75. The van der Waals surface area contributed by atoms with E-state index < -0.39 is 0 Å². The third-order valence-electron chi connectivity index (χ3n) is 5.11. The largest absolute Gasteiger partial charge is 0.348 e. The molecule has 110 valence electrons.